The summed E-state index contributed by atoms with van der Waals surface area (Å²) >= 11 is 0. The summed E-state index contributed by atoms with van der Waals surface area (Å²) < 4.78 is 0. The van der Waals surface area contributed by atoms with Crippen LogP contribution in [0.2, 0.25) is 0 Å². The largest absolute Gasteiger partial charge is 4.00 e. The first kappa shape index (κ1) is 41.6. The van der Waals surface area contributed by atoms with Crippen LogP contribution in [0.25, 0.3) is 0 Å². The van der Waals surface area contributed by atoms with Crippen molar-refractivity contribution >= 4 is 0 Å². The average molecular weight is 291 g/mol. The quantitative estimate of drug-likeness (QED) is 0.423. The zero-order valence-electron chi connectivity index (χ0n) is 7.63. The third-order valence-electron chi connectivity index (χ3n) is 0. The Balaban J connectivity index is -0.00000000813. The first-order valence-corrected chi connectivity index (χ1v) is 1.98. The molecule has 0 unspecified atom stereocenters. The van der Waals surface area contributed by atoms with Gasteiger partial charge in [0.15, 0.2) is 0 Å². The minimum atomic E-state index is -1.50. The summed E-state index contributed by atoms with van der Waals surface area (Å²) in [5.41, 5.74) is 0. The van der Waals surface area contributed by atoms with E-state index < -0.39 is 5.09 Å². The molecule has 0 aromatic heterocycles. The second-order valence-corrected chi connectivity index (χ2v) is 0.238. The fourth-order valence-electron chi connectivity index (χ4n) is 0. The Kier molecular flexibility index (Phi) is 287. The zero-order chi connectivity index (χ0) is 7.58. The number of nitrogens with zero attached hydrogens (tertiary/aromatic N) is 1. The van der Waals surface area contributed by atoms with Gasteiger partial charge in [-0.15, -0.1) is 10.1 Å². The van der Waals surface area contributed by atoms with E-state index in [2.05, 4.69) is 13.8 Å². The van der Waals surface area contributed by atoms with E-state index in [1.54, 1.807) is 13.8 Å². The van der Waals surface area contributed by atoms with Crippen molar-refractivity contribution < 1.29 is 52.0 Å². The van der Waals surface area contributed by atoms with E-state index in [-0.39, 0.29) is 56.6 Å². The molecule has 0 bridgehead atoms. The Bertz CT molecular complexity index is 40.8. The first-order valence-electron chi connectivity index (χ1n) is 1.98. The second-order valence-electron chi connectivity index (χ2n) is 0.238. The van der Waals surface area contributed by atoms with Crippen LogP contribution in [0.5, 0.6) is 0 Å². The molecule has 0 amide bonds. The summed E-state index contributed by atoms with van der Waals surface area (Å²) in [6.45, 7) is 10.0. The molecule has 5 heteroatoms. The van der Waals surface area contributed by atoms with Gasteiger partial charge >= 0.3 is 41.7 Å². The van der Waals surface area contributed by atoms with Crippen molar-refractivity contribution in [3.8, 4) is 0 Å². The molecule has 0 radical (unpaired) electrons. The predicted molar refractivity (Wildman–Crippen MR) is 43.7 cm³/mol. The fourth-order valence-corrected chi connectivity index (χ4v) is 0. The Morgan fingerprint density at radius 1 is 1.18 bits per heavy atom. The summed E-state index contributed by atoms with van der Waals surface area (Å²) in [5.74, 6) is 0. The molecule has 68 valence electrons. The molecule has 0 saturated heterocycles. The van der Waals surface area contributed by atoms with Gasteiger partial charge in [-0.1, -0.05) is 0 Å². The van der Waals surface area contributed by atoms with Gasteiger partial charge in [0.05, 0.1) is 0 Å². The average Bonchev–Trinajstić information content (AvgIpc) is 1.75. The van der Waals surface area contributed by atoms with Crippen LogP contribution in [-0.2, 0) is 0 Å². The minimum Gasteiger partial charge on any atom is -0.358 e. The van der Waals surface area contributed by atoms with Crippen LogP contribution in [0.15, 0.2) is 0 Å². The number of hydrogen-bond acceptors (Lipinski definition) is 2. The predicted octanol–water partition coefficient (Wildman–Crippen LogP) is 2.23. The van der Waals surface area contributed by atoms with Crippen molar-refractivity contribution in [2.24, 2.45) is 0 Å². The van der Waals surface area contributed by atoms with E-state index in [0.717, 1.165) is 0 Å². The van der Waals surface area contributed by atoms with Gasteiger partial charge in [0.2, 0.25) is 0 Å². The van der Waals surface area contributed by atoms with E-state index in [4.69, 9.17) is 15.3 Å². The van der Waals surface area contributed by atoms with Crippen LogP contribution in [0, 0.1) is 80.6 Å². The van der Waals surface area contributed by atoms with Crippen LogP contribution in [0.4, 0.5) is 0 Å². The van der Waals surface area contributed by atoms with Gasteiger partial charge in [-0.3, -0.25) is 0 Å². The van der Waals surface area contributed by atoms with Gasteiger partial charge in [0, 0.05) is 0 Å². The Labute approximate surface area is 104 Å². The summed E-state index contributed by atoms with van der Waals surface area (Å²) in [4.78, 5) is 8.36. The van der Waals surface area contributed by atoms with Gasteiger partial charge < -0.3 is 33.9 Å². The van der Waals surface area contributed by atoms with Crippen LogP contribution < -0.4 is 0 Å². The molecule has 0 heterocycles. The molecule has 0 spiro atoms. The zero-order valence-corrected chi connectivity index (χ0v) is 10.8. The van der Waals surface area contributed by atoms with Gasteiger partial charge in [-0.05, 0) is 0 Å². The molecule has 0 aliphatic carbocycles. The van der Waals surface area contributed by atoms with Gasteiger partial charge in [0.25, 0.3) is 5.09 Å². The molecule has 11 heavy (non-hydrogen) atoms. The third-order valence-corrected chi connectivity index (χ3v) is 0. The minimum absolute atomic E-state index is 0. The molecular weight excluding hydrogens is 274 g/mol. The van der Waals surface area contributed by atoms with Crippen molar-refractivity contribution in [2.75, 3.05) is 0 Å². The summed E-state index contributed by atoms with van der Waals surface area (Å²) in [6, 6.07) is 0. The second kappa shape index (κ2) is 75.8. The maximum atomic E-state index is 8.36. The van der Waals surface area contributed by atoms with Crippen LogP contribution in [0.3, 0.4) is 0 Å². The molecule has 4 nitrogen and oxygen atoms in total. The summed E-state index contributed by atoms with van der Waals surface area (Å²) in [6.07, 6.45) is 0. The van der Waals surface area contributed by atoms with Crippen LogP contribution >= 0.6 is 0 Å². The van der Waals surface area contributed by atoms with Crippen molar-refractivity contribution in [2.45, 2.75) is 13.8 Å². The van der Waals surface area contributed by atoms with Crippen molar-refractivity contribution in [3.05, 3.63) is 38.8 Å². The molecule has 0 saturated carbocycles. The Hall–Kier alpha value is 0.577. The smallest absolute Gasteiger partial charge is 0.358 e. The first-order chi connectivity index (χ1) is 3.73. The van der Waals surface area contributed by atoms with Crippen molar-refractivity contribution in [3.63, 3.8) is 0 Å². The normalized spacial score (nSPS) is 3.27. The Morgan fingerprint density at radius 3 is 1.18 bits per heavy atom. The Morgan fingerprint density at radius 2 is 1.18 bits per heavy atom. The number of rotatable bonds is 0. The summed E-state index contributed by atoms with van der Waals surface area (Å²) in [7, 11) is 0. The molecule has 0 aromatic carbocycles. The fraction of sp³-hybridized carbons (Fsp3) is 0.333. The molecule has 0 rings (SSSR count). The third kappa shape index (κ3) is 2340. The van der Waals surface area contributed by atoms with Crippen LogP contribution in [-0.4, -0.2) is 10.3 Å². The molecule has 1 N–H and O–H groups in total. The van der Waals surface area contributed by atoms with Gasteiger partial charge in [0.1, 0.15) is 0 Å². The molecule has 0 aliphatic heterocycles. The molecular formula is C6H17CeNO3. The maximum Gasteiger partial charge on any atom is 4.00 e. The van der Waals surface area contributed by atoms with Crippen LogP contribution in [0.1, 0.15) is 13.8 Å². The molecule has 0 fully saturated rings. The van der Waals surface area contributed by atoms with Crippen molar-refractivity contribution in [1.29, 1.82) is 0 Å². The van der Waals surface area contributed by atoms with Gasteiger partial charge in [-0.2, -0.15) is 13.8 Å². The van der Waals surface area contributed by atoms with E-state index in [1.807, 2.05) is 0 Å². The maximum absolute atomic E-state index is 8.36. The molecule has 0 aromatic rings. The van der Waals surface area contributed by atoms with E-state index in [1.165, 1.54) is 0 Å². The standard InChI is InChI=1S/2C2H5.2CH3.Ce.HNO3/c2*1-2;;;;2-1(3)4/h2*1H2,2H3;2*1H3;;(H,2,3,4)/q4*-1;+4;. The van der Waals surface area contributed by atoms with Crippen molar-refractivity contribution in [1.82, 2.24) is 0 Å². The van der Waals surface area contributed by atoms with E-state index in [0.29, 0.717) is 0 Å². The summed E-state index contributed by atoms with van der Waals surface area (Å²) in [5, 5.41) is 13.6. The van der Waals surface area contributed by atoms with Gasteiger partial charge in [-0.25, -0.2) is 0 Å². The van der Waals surface area contributed by atoms with E-state index >= 15 is 0 Å². The SMILES string of the molecule is O=[N+]([O-])O.[CH2-]C.[CH2-]C.[CH3-].[CH3-].[Ce+4]. The van der Waals surface area contributed by atoms with E-state index in [9.17, 15) is 0 Å². The molecule has 0 aliphatic rings. The topological polar surface area (TPSA) is 63.4 Å². The monoisotopic (exact) mass is 291 g/mol. The molecule has 0 atom stereocenters. The number of hydrogen-bond donors (Lipinski definition) is 1.